The fraction of sp³-hybridized carbons (Fsp3) is 0.278. The lowest BCUT2D eigenvalue weighted by Crippen LogP contribution is -2.29. The zero-order valence-corrected chi connectivity index (χ0v) is 14.9. The highest BCUT2D eigenvalue weighted by Crippen LogP contribution is 2.20. The molecular weight excluding hydrogens is 328 g/mol. The summed E-state index contributed by atoms with van der Waals surface area (Å²) in [7, 11) is 4.05. The van der Waals surface area contributed by atoms with Crippen molar-refractivity contribution in [3.05, 3.63) is 63.3 Å². The molecule has 3 nitrogen and oxygen atoms in total. The standard InChI is InChI=1S/C18H21ClN2OS/c1-21(2)12-11-17(14-5-7-15(19)8-6-14)20-18(22)10-9-16-4-3-13-23-16/h3-10,13,17H,11-12H2,1-2H3,(H,20,22)/b10-9+. The molecule has 0 aliphatic carbocycles. The number of carbonyl (C=O) groups is 1. The van der Waals surface area contributed by atoms with E-state index in [-0.39, 0.29) is 11.9 Å². The summed E-state index contributed by atoms with van der Waals surface area (Å²) in [6, 6.07) is 11.6. The fourth-order valence-corrected chi connectivity index (χ4v) is 2.91. The van der Waals surface area contributed by atoms with Crippen molar-refractivity contribution in [3.8, 4) is 0 Å². The molecule has 122 valence electrons. The predicted octanol–water partition coefficient (Wildman–Crippen LogP) is 4.22. The average Bonchev–Trinajstić information content (AvgIpc) is 3.03. The minimum atomic E-state index is -0.0860. The van der Waals surface area contributed by atoms with Crippen LogP contribution >= 0.6 is 22.9 Å². The molecule has 1 aromatic carbocycles. The van der Waals surface area contributed by atoms with Crippen molar-refractivity contribution in [1.82, 2.24) is 10.2 Å². The summed E-state index contributed by atoms with van der Waals surface area (Å²) in [5.74, 6) is -0.0860. The molecule has 23 heavy (non-hydrogen) atoms. The molecule has 0 bridgehead atoms. The topological polar surface area (TPSA) is 32.3 Å². The third kappa shape index (κ3) is 6.18. The number of nitrogens with one attached hydrogen (secondary N) is 1. The Morgan fingerprint density at radius 2 is 2.04 bits per heavy atom. The zero-order chi connectivity index (χ0) is 16.7. The Labute approximate surface area is 146 Å². The molecule has 0 saturated heterocycles. The minimum Gasteiger partial charge on any atom is -0.346 e. The van der Waals surface area contributed by atoms with Crippen molar-refractivity contribution in [2.75, 3.05) is 20.6 Å². The van der Waals surface area contributed by atoms with Gasteiger partial charge in [-0.2, -0.15) is 0 Å². The van der Waals surface area contributed by atoms with Gasteiger partial charge >= 0.3 is 0 Å². The van der Waals surface area contributed by atoms with Crippen molar-refractivity contribution in [2.24, 2.45) is 0 Å². The smallest absolute Gasteiger partial charge is 0.244 e. The lowest BCUT2D eigenvalue weighted by molar-refractivity contribution is -0.117. The number of benzene rings is 1. The summed E-state index contributed by atoms with van der Waals surface area (Å²) in [6.45, 7) is 0.891. The summed E-state index contributed by atoms with van der Waals surface area (Å²) >= 11 is 7.56. The van der Waals surface area contributed by atoms with Gasteiger partial charge in [-0.3, -0.25) is 4.79 Å². The van der Waals surface area contributed by atoms with E-state index in [1.54, 1.807) is 17.4 Å². The summed E-state index contributed by atoms with van der Waals surface area (Å²) in [6.07, 6.45) is 4.27. The Hall–Kier alpha value is -1.62. The van der Waals surface area contributed by atoms with Crippen molar-refractivity contribution in [2.45, 2.75) is 12.5 Å². The molecule has 0 aliphatic heterocycles. The second kappa shape index (κ2) is 8.87. The Morgan fingerprint density at radius 3 is 2.65 bits per heavy atom. The van der Waals surface area contributed by atoms with E-state index >= 15 is 0 Å². The number of amides is 1. The molecule has 1 aromatic heterocycles. The van der Waals surface area contributed by atoms with E-state index in [1.807, 2.05) is 61.9 Å². The Bertz CT molecular complexity index is 636. The van der Waals surface area contributed by atoms with Gasteiger partial charge in [0.2, 0.25) is 5.91 Å². The highest BCUT2D eigenvalue weighted by molar-refractivity contribution is 7.10. The Kier molecular flexibility index (Phi) is 6.84. The Balaban J connectivity index is 2.04. The molecule has 2 aromatic rings. The zero-order valence-electron chi connectivity index (χ0n) is 13.3. The van der Waals surface area contributed by atoms with Crippen LogP contribution in [-0.2, 0) is 4.79 Å². The van der Waals surface area contributed by atoms with E-state index in [0.29, 0.717) is 5.02 Å². The minimum absolute atomic E-state index is 0.0323. The maximum absolute atomic E-state index is 12.2. The van der Waals surface area contributed by atoms with Gasteiger partial charge in [0.1, 0.15) is 0 Å². The van der Waals surface area contributed by atoms with Crippen LogP contribution in [0, 0.1) is 0 Å². The van der Waals surface area contributed by atoms with Gasteiger partial charge in [0, 0.05) is 16.0 Å². The van der Waals surface area contributed by atoms with Crippen molar-refractivity contribution in [1.29, 1.82) is 0 Å². The van der Waals surface area contributed by atoms with Crippen molar-refractivity contribution >= 4 is 34.9 Å². The lowest BCUT2D eigenvalue weighted by atomic mass is 10.0. The first-order chi connectivity index (χ1) is 11.0. The van der Waals surface area contributed by atoms with E-state index in [0.717, 1.165) is 23.4 Å². The van der Waals surface area contributed by atoms with E-state index in [9.17, 15) is 4.79 Å². The molecule has 2 rings (SSSR count). The van der Waals surface area contributed by atoms with Crippen LogP contribution < -0.4 is 5.32 Å². The van der Waals surface area contributed by atoms with Crippen molar-refractivity contribution in [3.63, 3.8) is 0 Å². The van der Waals surface area contributed by atoms with Crippen LogP contribution in [0.15, 0.2) is 47.9 Å². The molecule has 0 saturated carbocycles. The van der Waals surface area contributed by atoms with E-state index in [2.05, 4.69) is 10.2 Å². The van der Waals surface area contributed by atoms with E-state index < -0.39 is 0 Å². The van der Waals surface area contributed by atoms with Crippen LogP contribution in [0.2, 0.25) is 5.02 Å². The van der Waals surface area contributed by atoms with Crippen molar-refractivity contribution < 1.29 is 4.79 Å². The van der Waals surface area contributed by atoms with Gasteiger partial charge in [0.15, 0.2) is 0 Å². The first-order valence-electron chi connectivity index (χ1n) is 7.47. The predicted molar refractivity (Wildman–Crippen MR) is 98.9 cm³/mol. The van der Waals surface area contributed by atoms with Gasteiger partial charge in [0.25, 0.3) is 0 Å². The van der Waals surface area contributed by atoms with Gasteiger partial charge in [-0.15, -0.1) is 11.3 Å². The van der Waals surface area contributed by atoms with Crippen LogP contribution in [0.4, 0.5) is 0 Å². The molecule has 1 amide bonds. The largest absolute Gasteiger partial charge is 0.346 e. The monoisotopic (exact) mass is 348 g/mol. The quantitative estimate of drug-likeness (QED) is 0.760. The summed E-state index contributed by atoms with van der Waals surface area (Å²) in [4.78, 5) is 15.4. The highest BCUT2D eigenvalue weighted by atomic mass is 35.5. The summed E-state index contributed by atoms with van der Waals surface area (Å²) in [5.41, 5.74) is 1.06. The number of nitrogens with zero attached hydrogens (tertiary/aromatic N) is 1. The third-order valence-electron chi connectivity index (χ3n) is 3.40. The maximum atomic E-state index is 12.2. The molecule has 0 spiro atoms. The third-order valence-corrected chi connectivity index (χ3v) is 4.49. The van der Waals surface area contributed by atoms with Crippen LogP contribution in [0.1, 0.15) is 22.9 Å². The molecular formula is C18H21ClN2OS. The molecule has 0 aliphatic rings. The van der Waals surface area contributed by atoms with Crippen LogP contribution in [0.3, 0.4) is 0 Å². The van der Waals surface area contributed by atoms with Crippen LogP contribution in [0.25, 0.3) is 6.08 Å². The molecule has 5 heteroatoms. The molecule has 1 N–H and O–H groups in total. The number of carbonyl (C=O) groups excluding carboxylic acids is 1. The first kappa shape index (κ1) is 17.7. The van der Waals surface area contributed by atoms with Crippen LogP contribution in [0.5, 0.6) is 0 Å². The number of thiophene rings is 1. The molecule has 1 unspecified atom stereocenters. The van der Waals surface area contributed by atoms with Gasteiger partial charge in [0.05, 0.1) is 6.04 Å². The number of hydrogen-bond acceptors (Lipinski definition) is 3. The normalized spacial score (nSPS) is 12.7. The van der Waals surface area contributed by atoms with Gasteiger partial charge in [-0.25, -0.2) is 0 Å². The Morgan fingerprint density at radius 1 is 1.30 bits per heavy atom. The summed E-state index contributed by atoms with van der Waals surface area (Å²) in [5, 5.41) is 5.77. The number of halogens is 1. The molecule has 1 atom stereocenters. The SMILES string of the molecule is CN(C)CCC(NC(=O)/C=C/c1cccs1)c1ccc(Cl)cc1. The van der Waals surface area contributed by atoms with E-state index in [4.69, 9.17) is 11.6 Å². The van der Waals surface area contributed by atoms with E-state index in [1.165, 1.54) is 0 Å². The number of rotatable bonds is 7. The molecule has 0 fully saturated rings. The van der Waals surface area contributed by atoms with Crippen LogP contribution in [-0.4, -0.2) is 31.4 Å². The molecule has 1 heterocycles. The fourth-order valence-electron chi connectivity index (χ4n) is 2.17. The maximum Gasteiger partial charge on any atom is 0.244 e. The first-order valence-corrected chi connectivity index (χ1v) is 8.72. The van der Waals surface area contributed by atoms with Gasteiger partial charge in [-0.05, 0) is 62.3 Å². The number of hydrogen-bond donors (Lipinski definition) is 1. The lowest BCUT2D eigenvalue weighted by Gasteiger charge is -2.20. The highest BCUT2D eigenvalue weighted by Gasteiger charge is 2.13. The average molecular weight is 349 g/mol. The molecule has 0 radical (unpaired) electrons. The second-order valence-corrected chi connectivity index (χ2v) is 6.97. The van der Waals surface area contributed by atoms with Gasteiger partial charge in [-0.1, -0.05) is 29.8 Å². The second-order valence-electron chi connectivity index (χ2n) is 5.55. The summed E-state index contributed by atoms with van der Waals surface area (Å²) < 4.78 is 0. The van der Waals surface area contributed by atoms with Gasteiger partial charge < -0.3 is 10.2 Å².